The molecule has 2 aromatic carbocycles. The molecule has 3 atom stereocenters. The summed E-state index contributed by atoms with van der Waals surface area (Å²) in [6, 6.07) is 11.7. The van der Waals surface area contributed by atoms with Crippen molar-refractivity contribution in [1.29, 1.82) is 0 Å². The minimum atomic E-state index is -0.426. The number of ether oxygens (including phenoxy) is 2. The maximum absolute atomic E-state index is 14.0. The molecule has 27 heavy (non-hydrogen) atoms. The van der Waals surface area contributed by atoms with Crippen LogP contribution < -0.4 is 4.74 Å². The van der Waals surface area contributed by atoms with Gasteiger partial charge in [0.05, 0.1) is 12.7 Å². The van der Waals surface area contributed by atoms with Crippen LogP contribution in [0.25, 0.3) is 0 Å². The molecule has 2 saturated heterocycles. The smallest absolute Gasteiger partial charge is 0.129 e. The lowest BCUT2D eigenvalue weighted by Crippen LogP contribution is -2.41. The first-order valence-corrected chi connectivity index (χ1v) is 10.1. The van der Waals surface area contributed by atoms with E-state index in [-0.39, 0.29) is 12.2 Å². The van der Waals surface area contributed by atoms with E-state index in [0.29, 0.717) is 24.6 Å². The third-order valence-electron chi connectivity index (χ3n) is 5.37. The van der Waals surface area contributed by atoms with Gasteiger partial charge in [0.1, 0.15) is 23.5 Å². The molecule has 2 aromatic rings. The standard InChI is InChI=1S/C21H22BrF2NO2/c22-14-1-5-17(6-2-14)27-18-9-10-25(12-18)16-4-8-21(26-13-16)19-11-15(23)3-7-20(19)24/h1-3,5-7,11,16,18,21H,4,8-10,12-13H2/t16-,18+,21-/m0/s1. The highest BCUT2D eigenvalue weighted by Gasteiger charge is 2.33. The van der Waals surface area contributed by atoms with E-state index in [9.17, 15) is 8.78 Å². The van der Waals surface area contributed by atoms with Crippen molar-refractivity contribution in [2.75, 3.05) is 19.7 Å². The van der Waals surface area contributed by atoms with Crippen LogP contribution in [0.15, 0.2) is 46.9 Å². The molecular formula is C21H22BrF2NO2. The molecule has 0 radical (unpaired) electrons. The summed E-state index contributed by atoms with van der Waals surface area (Å²) in [6.07, 6.45) is 2.39. The summed E-state index contributed by atoms with van der Waals surface area (Å²) in [6.45, 7) is 2.36. The van der Waals surface area contributed by atoms with Crippen LogP contribution in [0.5, 0.6) is 5.75 Å². The highest BCUT2D eigenvalue weighted by atomic mass is 79.9. The Morgan fingerprint density at radius 3 is 2.59 bits per heavy atom. The predicted molar refractivity (Wildman–Crippen MR) is 103 cm³/mol. The first kappa shape index (κ1) is 18.8. The summed E-state index contributed by atoms with van der Waals surface area (Å²) < 4.78 is 40.4. The first-order chi connectivity index (χ1) is 13.1. The molecule has 0 bridgehead atoms. The summed E-state index contributed by atoms with van der Waals surface area (Å²) in [7, 11) is 0. The van der Waals surface area contributed by atoms with E-state index in [1.807, 2.05) is 24.3 Å². The van der Waals surface area contributed by atoms with Crippen molar-refractivity contribution in [2.45, 2.75) is 37.5 Å². The maximum atomic E-state index is 14.0. The lowest BCUT2D eigenvalue weighted by molar-refractivity contribution is -0.0361. The molecule has 6 heteroatoms. The SMILES string of the molecule is Fc1ccc(F)c([C@@H]2CC[C@H](N3CC[C@@H](Oc4ccc(Br)cc4)C3)CO2)c1. The molecule has 0 N–H and O–H groups in total. The van der Waals surface area contributed by atoms with E-state index in [0.717, 1.165) is 42.2 Å². The Bertz CT molecular complexity index is 778. The van der Waals surface area contributed by atoms with Gasteiger partial charge in [0, 0.05) is 29.2 Å². The van der Waals surface area contributed by atoms with E-state index >= 15 is 0 Å². The number of nitrogens with zero attached hydrogens (tertiary/aromatic N) is 1. The van der Waals surface area contributed by atoms with Gasteiger partial charge in [-0.15, -0.1) is 0 Å². The molecule has 0 aliphatic carbocycles. The maximum Gasteiger partial charge on any atom is 0.129 e. The van der Waals surface area contributed by atoms with Crippen molar-refractivity contribution in [3.05, 3.63) is 64.1 Å². The van der Waals surface area contributed by atoms with Crippen molar-refractivity contribution in [3.8, 4) is 5.75 Å². The lowest BCUT2D eigenvalue weighted by Gasteiger charge is -2.35. The van der Waals surface area contributed by atoms with Crippen LogP contribution in [0, 0.1) is 11.6 Å². The molecule has 2 aliphatic rings. The summed E-state index contributed by atoms with van der Waals surface area (Å²) in [5.74, 6) is 0.0557. The predicted octanol–water partition coefficient (Wildman–Crippen LogP) is 5.10. The fourth-order valence-electron chi connectivity index (χ4n) is 3.92. The van der Waals surface area contributed by atoms with Crippen LogP contribution >= 0.6 is 15.9 Å². The monoisotopic (exact) mass is 437 g/mol. The summed E-state index contributed by atoms with van der Waals surface area (Å²) in [4.78, 5) is 2.39. The zero-order valence-electron chi connectivity index (χ0n) is 14.9. The van der Waals surface area contributed by atoms with Crippen molar-refractivity contribution >= 4 is 15.9 Å². The minimum absolute atomic E-state index is 0.171. The van der Waals surface area contributed by atoms with Gasteiger partial charge in [-0.2, -0.15) is 0 Å². The van der Waals surface area contributed by atoms with Crippen LogP contribution in [0.2, 0.25) is 0 Å². The molecule has 0 spiro atoms. The van der Waals surface area contributed by atoms with Gasteiger partial charge in [-0.1, -0.05) is 15.9 Å². The molecular weight excluding hydrogens is 416 g/mol. The van der Waals surface area contributed by atoms with Gasteiger partial charge < -0.3 is 9.47 Å². The van der Waals surface area contributed by atoms with Crippen molar-refractivity contribution in [2.24, 2.45) is 0 Å². The summed E-state index contributed by atoms with van der Waals surface area (Å²) in [5, 5.41) is 0. The van der Waals surface area contributed by atoms with Crippen molar-refractivity contribution in [1.82, 2.24) is 4.90 Å². The second kappa shape index (κ2) is 8.25. The van der Waals surface area contributed by atoms with Gasteiger partial charge in [0.15, 0.2) is 0 Å². The second-order valence-corrected chi connectivity index (χ2v) is 8.11. The Morgan fingerprint density at radius 2 is 1.85 bits per heavy atom. The molecule has 0 aromatic heterocycles. The van der Waals surface area contributed by atoms with Crippen LogP contribution in [-0.4, -0.2) is 36.7 Å². The quantitative estimate of drug-likeness (QED) is 0.663. The van der Waals surface area contributed by atoms with E-state index in [1.54, 1.807) is 0 Å². The Balaban J connectivity index is 1.30. The second-order valence-electron chi connectivity index (χ2n) is 7.20. The Hall–Kier alpha value is -1.50. The van der Waals surface area contributed by atoms with Crippen molar-refractivity contribution < 1.29 is 18.3 Å². The number of rotatable bonds is 4. The van der Waals surface area contributed by atoms with Gasteiger partial charge >= 0.3 is 0 Å². The third kappa shape index (κ3) is 4.50. The van der Waals surface area contributed by atoms with Crippen LogP contribution in [-0.2, 0) is 4.74 Å². The molecule has 0 amide bonds. The van der Waals surface area contributed by atoms with E-state index < -0.39 is 11.6 Å². The average molecular weight is 438 g/mol. The molecule has 2 fully saturated rings. The number of likely N-dealkylation sites (tertiary alicyclic amines) is 1. The molecule has 144 valence electrons. The lowest BCUT2D eigenvalue weighted by atomic mass is 9.98. The highest BCUT2D eigenvalue weighted by molar-refractivity contribution is 9.10. The molecule has 0 unspecified atom stereocenters. The van der Waals surface area contributed by atoms with E-state index in [2.05, 4.69) is 20.8 Å². The van der Waals surface area contributed by atoms with Crippen LogP contribution in [0.1, 0.15) is 30.9 Å². The number of hydrogen-bond acceptors (Lipinski definition) is 3. The molecule has 2 aliphatic heterocycles. The molecule has 3 nitrogen and oxygen atoms in total. The molecule has 2 heterocycles. The zero-order chi connectivity index (χ0) is 18.8. The van der Waals surface area contributed by atoms with Crippen LogP contribution in [0.4, 0.5) is 8.78 Å². The Morgan fingerprint density at radius 1 is 1.04 bits per heavy atom. The van der Waals surface area contributed by atoms with Gasteiger partial charge in [-0.05, 0) is 61.7 Å². The Kier molecular flexibility index (Phi) is 5.76. The molecule has 0 saturated carbocycles. The van der Waals surface area contributed by atoms with E-state index in [1.165, 1.54) is 12.1 Å². The van der Waals surface area contributed by atoms with Gasteiger partial charge in [0.2, 0.25) is 0 Å². The molecule has 4 rings (SSSR count). The first-order valence-electron chi connectivity index (χ1n) is 9.31. The fourth-order valence-corrected chi connectivity index (χ4v) is 4.18. The largest absolute Gasteiger partial charge is 0.489 e. The highest BCUT2D eigenvalue weighted by Crippen LogP contribution is 2.33. The topological polar surface area (TPSA) is 21.7 Å². The number of halogens is 3. The summed E-state index contributed by atoms with van der Waals surface area (Å²) in [5.41, 5.74) is 0.325. The van der Waals surface area contributed by atoms with Crippen LogP contribution in [0.3, 0.4) is 0 Å². The van der Waals surface area contributed by atoms with Gasteiger partial charge in [-0.25, -0.2) is 8.78 Å². The number of benzene rings is 2. The summed E-state index contributed by atoms with van der Waals surface area (Å²) >= 11 is 3.43. The number of hydrogen-bond donors (Lipinski definition) is 0. The van der Waals surface area contributed by atoms with Gasteiger partial charge in [-0.3, -0.25) is 4.90 Å². The van der Waals surface area contributed by atoms with Crippen molar-refractivity contribution in [3.63, 3.8) is 0 Å². The average Bonchev–Trinajstić information content (AvgIpc) is 3.14. The fraction of sp³-hybridized carbons (Fsp3) is 0.429. The minimum Gasteiger partial charge on any atom is -0.489 e. The van der Waals surface area contributed by atoms with E-state index in [4.69, 9.17) is 9.47 Å². The Labute approximate surface area is 166 Å². The third-order valence-corrected chi connectivity index (χ3v) is 5.89. The normalized spacial score (nSPS) is 26.3. The zero-order valence-corrected chi connectivity index (χ0v) is 16.5. The van der Waals surface area contributed by atoms with Gasteiger partial charge in [0.25, 0.3) is 0 Å².